The summed E-state index contributed by atoms with van der Waals surface area (Å²) < 4.78 is 1.87. The lowest BCUT2D eigenvalue weighted by Crippen LogP contribution is -2.42. The van der Waals surface area contributed by atoms with E-state index in [2.05, 4.69) is 15.3 Å². The topological polar surface area (TPSA) is 79.6 Å². The highest BCUT2D eigenvalue weighted by Gasteiger charge is 2.25. The van der Waals surface area contributed by atoms with Gasteiger partial charge < -0.3 is 10.2 Å². The van der Waals surface area contributed by atoms with Gasteiger partial charge in [0.2, 0.25) is 17.6 Å². The van der Waals surface area contributed by atoms with E-state index in [1.54, 1.807) is 18.0 Å². The molecule has 122 valence electrons. The monoisotopic (exact) mass is 315 g/mol. The molecule has 0 saturated carbocycles. The number of likely N-dealkylation sites (tertiary alicyclic amines) is 1. The molecule has 7 nitrogen and oxygen atoms in total. The first kappa shape index (κ1) is 15.5. The number of fused-ring (bicyclic) bond motifs is 1. The number of hydrogen-bond acceptors (Lipinski definition) is 4. The number of nitrogens with zero attached hydrogens (tertiary/aromatic N) is 4. The van der Waals surface area contributed by atoms with Gasteiger partial charge in [-0.3, -0.25) is 14.0 Å². The van der Waals surface area contributed by atoms with E-state index in [9.17, 15) is 9.59 Å². The van der Waals surface area contributed by atoms with Gasteiger partial charge in [-0.2, -0.15) is 0 Å². The zero-order chi connectivity index (χ0) is 16.2. The second kappa shape index (κ2) is 6.76. The van der Waals surface area contributed by atoms with Gasteiger partial charge in [-0.05, 0) is 18.9 Å². The summed E-state index contributed by atoms with van der Waals surface area (Å²) in [6.45, 7) is 3.48. The Morgan fingerprint density at radius 3 is 2.83 bits per heavy atom. The van der Waals surface area contributed by atoms with E-state index in [0.717, 1.165) is 18.5 Å². The van der Waals surface area contributed by atoms with Gasteiger partial charge in [0.25, 0.3) is 0 Å². The summed E-state index contributed by atoms with van der Waals surface area (Å²) >= 11 is 0. The van der Waals surface area contributed by atoms with Gasteiger partial charge >= 0.3 is 0 Å². The molecular formula is C16H21N5O2. The SMILES string of the molecule is CC(=O)N1CCC(C(=O)NCCc2cn3cccnc3n2)CC1. The number of nitrogens with one attached hydrogen (secondary N) is 1. The molecule has 23 heavy (non-hydrogen) atoms. The van der Waals surface area contributed by atoms with Crippen molar-refractivity contribution in [2.75, 3.05) is 19.6 Å². The van der Waals surface area contributed by atoms with Crippen LogP contribution < -0.4 is 5.32 Å². The van der Waals surface area contributed by atoms with Crippen molar-refractivity contribution in [2.24, 2.45) is 5.92 Å². The van der Waals surface area contributed by atoms with Crippen LogP contribution in [0.15, 0.2) is 24.7 Å². The Balaban J connectivity index is 1.45. The van der Waals surface area contributed by atoms with Gasteiger partial charge in [0.05, 0.1) is 5.69 Å². The van der Waals surface area contributed by atoms with E-state index in [4.69, 9.17) is 0 Å². The Bertz CT molecular complexity index is 670. The molecule has 3 rings (SSSR count). The third-order valence-electron chi connectivity index (χ3n) is 4.28. The second-order valence-electron chi connectivity index (χ2n) is 5.88. The van der Waals surface area contributed by atoms with Crippen LogP contribution in [0.1, 0.15) is 25.5 Å². The summed E-state index contributed by atoms with van der Waals surface area (Å²) in [7, 11) is 0. The molecule has 1 fully saturated rings. The van der Waals surface area contributed by atoms with Gasteiger partial charge in [-0.1, -0.05) is 0 Å². The maximum atomic E-state index is 12.2. The standard InChI is InChI=1S/C16H21N5O2/c1-12(22)20-9-4-13(5-10-20)15(23)17-7-3-14-11-21-8-2-6-18-16(21)19-14/h2,6,8,11,13H,3-5,7,9-10H2,1H3,(H,17,23). The molecule has 3 heterocycles. The van der Waals surface area contributed by atoms with Crippen molar-refractivity contribution in [3.63, 3.8) is 0 Å². The Morgan fingerprint density at radius 1 is 1.35 bits per heavy atom. The normalized spacial score (nSPS) is 15.8. The van der Waals surface area contributed by atoms with Crippen molar-refractivity contribution in [2.45, 2.75) is 26.2 Å². The molecule has 0 spiro atoms. The third kappa shape index (κ3) is 3.67. The van der Waals surface area contributed by atoms with Gasteiger partial charge in [0, 0.05) is 57.5 Å². The van der Waals surface area contributed by atoms with Gasteiger partial charge in [-0.15, -0.1) is 0 Å². The van der Waals surface area contributed by atoms with Crippen LogP contribution in [0.25, 0.3) is 5.78 Å². The van der Waals surface area contributed by atoms with E-state index in [-0.39, 0.29) is 17.7 Å². The van der Waals surface area contributed by atoms with Crippen molar-refractivity contribution in [3.8, 4) is 0 Å². The van der Waals surface area contributed by atoms with Crippen molar-refractivity contribution in [1.82, 2.24) is 24.6 Å². The Hall–Kier alpha value is -2.44. The number of piperidine rings is 1. The molecular weight excluding hydrogens is 294 g/mol. The largest absolute Gasteiger partial charge is 0.355 e. The first-order valence-electron chi connectivity index (χ1n) is 7.95. The average Bonchev–Trinajstić information content (AvgIpc) is 2.97. The quantitative estimate of drug-likeness (QED) is 0.898. The number of carbonyl (C=O) groups is 2. The van der Waals surface area contributed by atoms with E-state index >= 15 is 0 Å². The fraction of sp³-hybridized carbons (Fsp3) is 0.500. The molecule has 0 unspecified atom stereocenters. The minimum Gasteiger partial charge on any atom is -0.355 e. The highest BCUT2D eigenvalue weighted by atomic mass is 16.2. The second-order valence-corrected chi connectivity index (χ2v) is 5.88. The van der Waals surface area contributed by atoms with E-state index in [0.29, 0.717) is 31.8 Å². The predicted octanol–water partition coefficient (Wildman–Crippen LogP) is 0.646. The molecule has 0 bridgehead atoms. The average molecular weight is 315 g/mol. The highest BCUT2D eigenvalue weighted by Crippen LogP contribution is 2.17. The van der Waals surface area contributed by atoms with Crippen molar-refractivity contribution < 1.29 is 9.59 Å². The number of amides is 2. The van der Waals surface area contributed by atoms with Crippen LogP contribution in [0, 0.1) is 5.92 Å². The smallest absolute Gasteiger partial charge is 0.233 e. The van der Waals surface area contributed by atoms with Gasteiger partial charge in [-0.25, -0.2) is 9.97 Å². The van der Waals surface area contributed by atoms with E-state index < -0.39 is 0 Å². The molecule has 7 heteroatoms. The van der Waals surface area contributed by atoms with Crippen LogP contribution in [-0.2, 0) is 16.0 Å². The number of aromatic nitrogens is 3. The first-order chi connectivity index (χ1) is 11.1. The molecule has 1 aliphatic rings. The molecule has 0 radical (unpaired) electrons. The first-order valence-corrected chi connectivity index (χ1v) is 7.95. The number of imidazole rings is 1. The number of rotatable bonds is 4. The van der Waals surface area contributed by atoms with Crippen molar-refractivity contribution >= 4 is 17.6 Å². The molecule has 0 aliphatic carbocycles. The van der Waals surface area contributed by atoms with Crippen LogP contribution >= 0.6 is 0 Å². The lowest BCUT2D eigenvalue weighted by Gasteiger charge is -2.30. The lowest BCUT2D eigenvalue weighted by atomic mass is 9.96. The Morgan fingerprint density at radius 2 is 2.13 bits per heavy atom. The fourth-order valence-corrected chi connectivity index (χ4v) is 2.91. The van der Waals surface area contributed by atoms with Crippen molar-refractivity contribution in [1.29, 1.82) is 0 Å². The summed E-state index contributed by atoms with van der Waals surface area (Å²) in [5, 5.41) is 2.98. The van der Waals surface area contributed by atoms with Gasteiger partial charge in [0.1, 0.15) is 0 Å². The van der Waals surface area contributed by atoms with E-state index in [1.807, 2.05) is 22.9 Å². The molecule has 1 saturated heterocycles. The maximum absolute atomic E-state index is 12.2. The summed E-state index contributed by atoms with van der Waals surface area (Å²) in [6, 6.07) is 1.85. The molecule has 1 aliphatic heterocycles. The molecule has 0 aromatic carbocycles. The molecule has 2 amide bonds. The summed E-state index contributed by atoms with van der Waals surface area (Å²) in [6.07, 6.45) is 7.70. The molecule has 0 atom stereocenters. The predicted molar refractivity (Wildman–Crippen MR) is 84.7 cm³/mol. The summed E-state index contributed by atoms with van der Waals surface area (Å²) in [4.78, 5) is 33.9. The van der Waals surface area contributed by atoms with Crippen LogP contribution in [0.2, 0.25) is 0 Å². The lowest BCUT2D eigenvalue weighted by molar-refractivity contribution is -0.133. The van der Waals surface area contributed by atoms with Crippen LogP contribution in [0.5, 0.6) is 0 Å². The highest BCUT2D eigenvalue weighted by molar-refractivity contribution is 5.79. The van der Waals surface area contributed by atoms with Crippen LogP contribution in [0.4, 0.5) is 0 Å². The van der Waals surface area contributed by atoms with Crippen LogP contribution in [0.3, 0.4) is 0 Å². The molecule has 1 N–H and O–H groups in total. The number of hydrogen-bond donors (Lipinski definition) is 1. The minimum atomic E-state index is 0.00772. The molecule has 2 aromatic rings. The van der Waals surface area contributed by atoms with Crippen LogP contribution in [-0.4, -0.2) is 50.7 Å². The number of carbonyl (C=O) groups excluding carboxylic acids is 2. The minimum absolute atomic E-state index is 0.00772. The third-order valence-corrected chi connectivity index (χ3v) is 4.28. The van der Waals surface area contributed by atoms with Gasteiger partial charge in [0.15, 0.2) is 0 Å². The van der Waals surface area contributed by atoms with E-state index in [1.165, 1.54) is 0 Å². The Kier molecular flexibility index (Phi) is 4.55. The summed E-state index contributed by atoms with van der Waals surface area (Å²) in [5.74, 6) is 0.846. The summed E-state index contributed by atoms with van der Waals surface area (Å²) in [5.41, 5.74) is 0.912. The zero-order valence-corrected chi connectivity index (χ0v) is 13.2. The zero-order valence-electron chi connectivity index (χ0n) is 13.2. The fourth-order valence-electron chi connectivity index (χ4n) is 2.91. The van der Waals surface area contributed by atoms with Crippen molar-refractivity contribution in [3.05, 3.63) is 30.4 Å². The Labute approximate surface area is 134 Å². The maximum Gasteiger partial charge on any atom is 0.233 e. The molecule has 2 aromatic heterocycles.